The van der Waals surface area contributed by atoms with Crippen molar-refractivity contribution in [2.45, 2.75) is 12.8 Å². The predicted molar refractivity (Wildman–Crippen MR) is 108 cm³/mol. The summed E-state index contributed by atoms with van der Waals surface area (Å²) in [5.74, 6) is -1.30. The van der Waals surface area contributed by atoms with E-state index in [1.54, 1.807) is 0 Å². The van der Waals surface area contributed by atoms with Gasteiger partial charge < -0.3 is 14.8 Å². The van der Waals surface area contributed by atoms with E-state index in [1.807, 2.05) is 42.5 Å². The van der Waals surface area contributed by atoms with Crippen LogP contribution in [0.25, 0.3) is 16.9 Å². The molecule has 7 heteroatoms. The summed E-state index contributed by atoms with van der Waals surface area (Å²) in [6.45, 7) is 0.834. The molecule has 1 N–H and O–H groups in total. The van der Waals surface area contributed by atoms with Gasteiger partial charge in [-0.15, -0.1) is 0 Å². The largest absolute Gasteiger partial charge is 0.465 e. The molecule has 0 bridgehead atoms. The number of nitrogens with zero attached hydrogens (tertiary/aromatic N) is 2. The van der Waals surface area contributed by atoms with Gasteiger partial charge in [-0.1, -0.05) is 36.4 Å². The van der Waals surface area contributed by atoms with Crippen molar-refractivity contribution in [3.63, 3.8) is 0 Å². The van der Waals surface area contributed by atoms with Crippen LogP contribution in [0.1, 0.15) is 32.8 Å². The maximum absolute atomic E-state index is 12.8. The van der Waals surface area contributed by atoms with Gasteiger partial charge >= 0.3 is 11.9 Å². The fourth-order valence-corrected chi connectivity index (χ4v) is 3.65. The predicted octanol–water partition coefficient (Wildman–Crippen LogP) is 3.47. The molecule has 1 aliphatic heterocycles. The van der Waals surface area contributed by atoms with Crippen molar-refractivity contribution < 1.29 is 19.1 Å². The van der Waals surface area contributed by atoms with Gasteiger partial charge in [0.2, 0.25) is 0 Å². The van der Waals surface area contributed by atoms with E-state index in [2.05, 4.69) is 16.5 Å². The van der Waals surface area contributed by atoms with Crippen LogP contribution in [-0.2, 0) is 15.9 Å². The number of hydrogen-bond donors (Lipinski definition) is 1. The average molecular weight is 391 g/mol. The molecule has 0 fully saturated rings. The highest BCUT2D eigenvalue weighted by Crippen LogP contribution is 2.37. The molecule has 2 aromatic carbocycles. The topological polar surface area (TPSA) is 82.5 Å². The van der Waals surface area contributed by atoms with Crippen LogP contribution in [0, 0.1) is 0 Å². The number of nitrogens with one attached hydrogen (secondary N) is 1. The first-order chi connectivity index (χ1) is 14.2. The molecular formula is C22H21N3O4. The number of carbonyl (C=O) groups is 2. The lowest BCUT2D eigenvalue weighted by atomic mass is 9.96. The number of anilines is 1. The Morgan fingerprint density at radius 2 is 1.76 bits per heavy atom. The van der Waals surface area contributed by atoms with Gasteiger partial charge in [0, 0.05) is 17.8 Å². The minimum absolute atomic E-state index is 0.0361. The van der Waals surface area contributed by atoms with Gasteiger partial charge in [0.05, 0.1) is 19.9 Å². The summed E-state index contributed by atoms with van der Waals surface area (Å²) in [7, 11) is 2.56. The first kappa shape index (κ1) is 18.7. The van der Waals surface area contributed by atoms with Crippen LogP contribution in [0.5, 0.6) is 0 Å². The van der Waals surface area contributed by atoms with E-state index in [4.69, 9.17) is 9.47 Å². The molecule has 0 radical (unpaired) electrons. The molecule has 0 unspecified atom stereocenters. The summed E-state index contributed by atoms with van der Waals surface area (Å²) in [6, 6.07) is 15.0. The van der Waals surface area contributed by atoms with Crippen molar-refractivity contribution in [2.24, 2.45) is 0 Å². The van der Waals surface area contributed by atoms with Crippen LogP contribution in [0.2, 0.25) is 0 Å². The fourth-order valence-electron chi connectivity index (χ4n) is 3.65. The van der Waals surface area contributed by atoms with Gasteiger partial charge in [-0.05, 0) is 30.5 Å². The van der Waals surface area contributed by atoms with Gasteiger partial charge in [0.25, 0.3) is 0 Å². The molecular weight excluding hydrogens is 370 g/mol. The van der Waals surface area contributed by atoms with E-state index < -0.39 is 11.9 Å². The number of aryl methyl sites for hydroxylation is 1. The number of para-hydroxylation sites is 2. The molecule has 29 heavy (non-hydrogen) atoms. The van der Waals surface area contributed by atoms with Gasteiger partial charge in [-0.2, -0.15) is 5.10 Å². The molecule has 2 heterocycles. The van der Waals surface area contributed by atoms with E-state index in [0.29, 0.717) is 11.4 Å². The monoisotopic (exact) mass is 391 g/mol. The van der Waals surface area contributed by atoms with E-state index in [1.165, 1.54) is 18.9 Å². The number of hydrogen-bond acceptors (Lipinski definition) is 6. The van der Waals surface area contributed by atoms with Crippen molar-refractivity contribution in [3.05, 3.63) is 65.4 Å². The van der Waals surface area contributed by atoms with Crippen LogP contribution in [0.15, 0.2) is 48.5 Å². The van der Waals surface area contributed by atoms with Crippen molar-refractivity contribution in [3.8, 4) is 16.9 Å². The van der Waals surface area contributed by atoms with Crippen LogP contribution >= 0.6 is 0 Å². The first-order valence-electron chi connectivity index (χ1n) is 9.37. The van der Waals surface area contributed by atoms with E-state index >= 15 is 0 Å². The lowest BCUT2D eigenvalue weighted by molar-refractivity contribution is 0.0549. The highest BCUT2D eigenvalue weighted by Gasteiger charge is 2.32. The number of rotatable bonds is 4. The maximum Gasteiger partial charge on any atom is 0.357 e. The van der Waals surface area contributed by atoms with E-state index in [0.717, 1.165) is 36.2 Å². The normalized spacial score (nSPS) is 12.6. The van der Waals surface area contributed by atoms with Crippen molar-refractivity contribution in [2.75, 3.05) is 26.1 Å². The summed E-state index contributed by atoms with van der Waals surface area (Å²) in [4.78, 5) is 25.4. The summed E-state index contributed by atoms with van der Waals surface area (Å²) >= 11 is 0. The fraction of sp³-hybridized carbons (Fsp3) is 0.227. The highest BCUT2D eigenvalue weighted by molar-refractivity contribution is 6.07. The quantitative estimate of drug-likeness (QED) is 0.686. The molecule has 7 nitrogen and oxygen atoms in total. The molecule has 3 aromatic rings. The minimum atomic E-state index is -0.661. The SMILES string of the molecule is COC(=O)c1c(-c2cccc3c2NCCC3)nn(-c2ccccc2)c1C(=O)OC. The molecule has 0 aliphatic carbocycles. The average Bonchev–Trinajstić information content (AvgIpc) is 3.18. The zero-order chi connectivity index (χ0) is 20.4. The van der Waals surface area contributed by atoms with Crippen LogP contribution in [0.4, 0.5) is 5.69 Å². The number of methoxy groups -OCH3 is 2. The smallest absolute Gasteiger partial charge is 0.357 e. The minimum Gasteiger partial charge on any atom is -0.465 e. The second-order valence-corrected chi connectivity index (χ2v) is 6.67. The summed E-state index contributed by atoms with van der Waals surface area (Å²) in [6.07, 6.45) is 1.97. The number of ether oxygens (including phenoxy) is 2. The van der Waals surface area contributed by atoms with Gasteiger partial charge in [-0.25, -0.2) is 14.3 Å². The Hall–Kier alpha value is -3.61. The number of benzene rings is 2. The van der Waals surface area contributed by atoms with Crippen molar-refractivity contribution in [1.82, 2.24) is 9.78 Å². The number of aromatic nitrogens is 2. The van der Waals surface area contributed by atoms with Crippen LogP contribution in [-0.4, -0.2) is 42.5 Å². The maximum atomic E-state index is 12.8. The van der Waals surface area contributed by atoms with Crippen LogP contribution in [0.3, 0.4) is 0 Å². The summed E-state index contributed by atoms with van der Waals surface area (Å²) in [5.41, 5.74) is 3.98. The Kier molecular flexibility index (Phi) is 5.03. The number of esters is 2. The van der Waals surface area contributed by atoms with Gasteiger partial charge in [-0.3, -0.25) is 0 Å². The first-order valence-corrected chi connectivity index (χ1v) is 9.37. The van der Waals surface area contributed by atoms with E-state index in [9.17, 15) is 9.59 Å². The highest BCUT2D eigenvalue weighted by atomic mass is 16.5. The molecule has 0 saturated carbocycles. The molecule has 4 rings (SSSR count). The molecule has 0 spiro atoms. The third kappa shape index (κ3) is 3.24. The summed E-state index contributed by atoms with van der Waals surface area (Å²) in [5, 5.41) is 8.08. The molecule has 148 valence electrons. The lowest BCUT2D eigenvalue weighted by Crippen LogP contribution is -2.16. The second kappa shape index (κ2) is 7.79. The van der Waals surface area contributed by atoms with Gasteiger partial charge in [0.15, 0.2) is 5.69 Å². The Balaban J connectivity index is 2.04. The Morgan fingerprint density at radius 3 is 2.48 bits per heavy atom. The molecule has 0 amide bonds. The van der Waals surface area contributed by atoms with E-state index in [-0.39, 0.29) is 11.3 Å². The second-order valence-electron chi connectivity index (χ2n) is 6.67. The van der Waals surface area contributed by atoms with Crippen LogP contribution < -0.4 is 5.32 Å². The van der Waals surface area contributed by atoms with Crippen molar-refractivity contribution in [1.29, 1.82) is 0 Å². The zero-order valence-electron chi connectivity index (χ0n) is 16.3. The molecule has 1 aromatic heterocycles. The Morgan fingerprint density at radius 1 is 1.00 bits per heavy atom. The zero-order valence-corrected chi connectivity index (χ0v) is 16.3. The standard InChI is InChI=1S/C22H21N3O4/c1-28-21(26)17-19(16-12-6-8-14-9-7-13-23-18(14)16)24-25(20(17)22(27)29-2)15-10-4-3-5-11-15/h3-6,8,10-12,23H,7,9,13H2,1-2H3. The molecule has 1 aliphatic rings. The number of fused-ring (bicyclic) bond motifs is 1. The van der Waals surface area contributed by atoms with Crippen molar-refractivity contribution >= 4 is 17.6 Å². The lowest BCUT2D eigenvalue weighted by Gasteiger charge is -2.20. The number of carbonyl (C=O) groups excluding carboxylic acids is 2. The Bertz CT molecular complexity index is 1070. The summed E-state index contributed by atoms with van der Waals surface area (Å²) < 4.78 is 11.4. The molecule has 0 saturated heterocycles. The Labute approximate surface area is 168 Å². The third-order valence-electron chi connectivity index (χ3n) is 4.98. The third-order valence-corrected chi connectivity index (χ3v) is 4.98. The molecule has 0 atom stereocenters. The van der Waals surface area contributed by atoms with Gasteiger partial charge in [0.1, 0.15) is 11.3 Å².